The molecule has 25 heavy (non-hydrogen) atoms. The first-order valence-corrected chi connectivity index (χ1v) is 8.33. The zero-order valence-corrected chi connectivity index (χ0v) is 14.6. The smallest absolute Gasteiger partial charge is 0.258 e. The lowest BCUT2D eigenvalue weighted by molar-refractivity contribution is -0.128. The van der Waals surface area contributed by atoms with Gasteiger partial charge in [0.25, 0.3) is 5.56 Å². The van der Waals surface area contributed by atoms with Gasteiger partial charge >= 0.3 is 0 Å². The maximum absolute atomic E-state index is 12.4. The number of para-hydroxylation sites is 1. The number of hydrogen-bond acceptors (Lipinski definition) is 4. The second-order valence-corrected chi connectivity index (χ2v) is 6.93. The van der Waals surface area contributed by atoms with Crippen LogP contribution in [0.4, 0.5) is 0 Å². The van der Waals surface area contributed by atoms with Crippen molar-refractivity contribution >= 4 is 22.7 Å². The fourth-order valence-corrected chi connectivity index (χ4v) is 3.21. The van der Waals surface area contributed by atoms with E-state index in [4.69, 9.17) is 0 Å². The number of nitrogens with one attached hydrogen (secondary N) is 2. The van der Waals surface area contributed by atoms with Gasteiger partial charge in [-0.05, 0) is 26.0 Å². The first kappa shape index (κ1) is 17.1. The van der Waals surface area contributed by atoms with Gasteiger partial charge in [0.2, 0.25) is 11.8 Å². The van der Waals surface area contributed by atoms with E-state index in [0.29, 0.717) is 29.7 Å². The number of fused-ring (bicyclic) bond motifs is 1. The number of aromatic nitrogens is 2. The van der Waals surface area contributed by atoms with E-state index in [1.165, 1.54) is 0 Å². The minimum Gasteiger partial charge on any atom is -0.355 e. The molecule has 1 aromatic heterocycles. The first-order valence-electron chi connectivity index (χ1n) is 8.33. The van der Waals surface area contributed by atoms with Crippen LogP contribution in [0.3, 0.4) is 0 Å². The van der Waals surface area contributed by atoms with Crippen molar-refractivity contribution in [1.82, 2.24) is 20.2 Å². The number of rotatable bonds is 4. The molecule has 0 bridgehead atoms. The molecular weight excluding hydrogens is 320 g/mol. The average Bonchev–Trinajstić information content (AvgIpc) is 2.78. The third-order valence-corrected chi connectivity index (χ3v) is 5.11. The number of aromatic amines is 1. The second kappa shape index (κ2) is 6.31. The van der Waals surface area contributed by atoms with Crippen LogP contribution in [0.15, 0.2) is 29.1 Å². The fourth-order valence-electron chi connectivity index (χ4n) is 3.21. The molecule has 0 aliphatic carbocycles. The van der Waals surface area contributed by atoms with Crippen molar-refractivity contribution in [3.05, 3.63) is 40.4 Å². The number of carbonyl (C=O) groups is 2. The highest BCUT2D eigenvalue weighted by Crippen LogP contribution is 2.34. The quantitative estimate of drug-likeness (QED) is 0.861. The zero-order chi connectivity index (χ0) is 18.2. The van der Waals surface area contributed by atoms with Gasteiger partial charge in [0.05, 0.1) is 16.8 Å². The molecule has 2 amide bonds. The van der Waals surface area contributed by atoms with Gasteiger partial charge in [-0.25, -0.2) is 4.98 Å². The van der Waals surface area contributed by atoms with Crippen molar-refractivity contribution in [1.29, 1.82) is 0 Å². The number of benzene rings is 1. The summed E-state index contributed by atoms with van der Waals surface area (Å²) in [6, 6.07) is 7.13. The van der Waals surface area contributed by atoms with Crippen molar-refractivity contribution in [2.75, 3.05) is 13.6 Å². The summed E-state index contributed by atoms with van der Waals surface area (Å²) in [7, 11) is 1.72. The maximum Gasteiger partial charge on any atom is 0.258 e. The molecule has 2 aromatic rings. The molecule has 1 saturated heterocycles. The third-order valence-electron chi connectivity index (χ3n) is 5.11. The molecule has 3 rings (SSSR count). The van der Waals surface area contributed by atoms with Crippen LogP contribution in [-0.2, 0) is 16.0 Å². The van der Waals surface area contributed by atoms with Gasteiger partial charge in [0.15, 0.2) is 0 Å². The van der Waals surface area contributed by atoms with Crippen LogP contribution in [0.25, 0.3) is 10.9 Å². The molecule has 1 unspecified atom stereocenters. The average molecular weight is 342 g/mol. The molecule has 2 heterocycles. The number of hydrogen-bond donors (Lipinski definition) is 2. The molecule has 0 spiro atoms. The van der Waals surface area contributed by atoms with Gasteiger partial charge in [-0.3, -0.25) is 14.4 Å². The van der Waals surface area contributed by atoms with Gasteiger partial charge in [-0.2, -0.15) is 0 Å². The molecule has 1 fully saturated rings. The van der Waals surface area contributed by atoms with E-state index in [1.807, 2.05) is 19.9 Å². The van der Waals surface area contributed by atoms with E-state index in [-0.39, 0.29) is 29.7 Å². The third kappa shape index (κ3) is 3.14. The Balaban J connectivity index is 1.64. The highest BCUT2D eigenvalue weighted by Gasteiger charge is 2.47. The molecule has 1 atom stereocenters. The summed E-state index contributed by atoms with van der Waals surface area (Å²) >= 11 is 0. The Hall–Kier alpha value is -2.70. The Morgan fingerprint density at radius 2 is 2.08 bits per heavy atom. The monoisotopic (exact) mass is 342 g/mol. The second-order valence-electron chi connectivity index (χ2n) is 6.93. The van der Waals surface area contributed by atoms with Crippen molar-refractivity contribution in [2.24, 2.45) is 5.92 Å². The molecule has 132 valence electrons. The SMILES string of the molecule is CN1C(=O)CC(C(=O)NCCc2nc3ccccc3c(=O)[nH]2)C1(C)C. The predicted octanol–water partition coefficient (Wildman–Crippen LogP) is 0.839. The van der Waals surface area contributed by atoms with Gasteiger partial charge in [0.1, 0.15) is 5.82 Å². The van der Waals surface area contributed by atoms with Crippen molar-refractivity contribution in [3.8, 4) is 0 Å². The minimum absolute atomic E-state index is 0.0225. The molecular formula is C18H22N4O3. The van der Waals surface area contributed by atoms with Crippen LogP contribution < -0.4 is 10.9 Å². The Bertz CT molecular complexity index is 887. The van der Waals surface area contributed by atoms with Crippen LogP contribution in [0, 0.1) is 5.92 Å². The Labute approximate surface area is 145 Å². The van der Waals surface area contributed by atoms with E-state index < -0.39 is 5.54 Å². The standard InChI is InChI=1S/C18H22N4O3/c1-18(2)12(10-15(23)22(18)3)17(25)19-9-8-14-20-13-7-5-4-6-11(13)16(24)21-14/h4-7,12H,8-10H2,1-3H3,(H,19,25)(H,20,21,24). The Morgan fingerprint density at radius 1 is 1.36 bits per heavy atom. The number of carbonyl (C=O) groups excluding carboxylic acids is 2. The first-order chi connectivity index (χ1) is 11.8. The molecule has 7 nitrogen and oxygen atoms in total. The molecule has 1 aromatic carbocycles. The molecule has 0 radical (unpaired) electrons. The number of H-pyrrole nitrogens is 1. The molecule has 7 heteroatoms. The van der Waals surface area contributed by atoms with Crippen LogP contribution in [-0.4, -0.2) is 45.8 Å². The summed E-state index contributed by atoms with van der Waals surface area (Å²) in [6.45, 7) is 4.14. The molecule has 1 aliphatic heterocycles. The van der Waals surface area contributed by atoms with Crippen LogP contribution in [0.1, 0.15) is 26.1 Å². The van der Waals surface area contributed by atoms with Crippen molar-refractivity contribution < 1.29 is 9.59 Å². The molecule has 1 aliphatic rings. The van der Waals surface area contributed by atoms with Crippen LogP contribution in [0.2, 0.25) is 0 Å². The fraction of sp³-hybridized carbons (Fsp3) is 0.444. The largest absolute Gasteiger partial charge is 0.355 e. The number of amides is 2. The maximum atomic E-state index is 12.4. The highest BCUT2D eigenvalue weighted by molar-refractivity contribution is 5.90. The minimum atomic E-state index is -0.503. The Kier molecular flexibility index (Phi) is 4.32. The normalized spacial score (nSPS) is 19.4. The van der Waals surface area contributed by atoms with E-state index in [9.17, 15) is 14.4 Å². The van der Waals surface area contributed by atoms with Crippen LogP contribution in [0.5, 0.6) is 0 Å². The van der Waals surface area contributed by atoms with Gasteiger partial charge in [-0.1, -0.05) is 12.1 Å². The lowest BCUT2D eigenvalue weighted by Crippen LogP contribution is -2.47. The summed E-state index contributed by atoms with van der Waals surface area (Å²) in [6.07, 6.45) is 0.642. The predicted molar refractivity (Wildman–Crippen MR) is 94.0 cm³/mol. The Morgan fingerprint density at radius 3 is 2.76 bits per heavy atom. The van der Waals surface area contributed by atoms with Gasteiger partial charge in [0, 0.05) is 32.0 Å². The van der Waals surface area contributed by atoms with E-state index in [1.54, 1.807) is 30.1 Å². The van der Waals surface area contributed by atoms with E-state index in [0.717, 1.165) is 0 Å². The lowest BCUT2D eigenvalue weighted by atomic mass is 9.88. The van der Waals surface area contributed by atoms with Gasteiger partial charge < -0.3 is 15.2 Å². The lowest BCUT2D eigenvalue weighted by Gasteiger charge is -2.32. The molecule has 2 N–H and O–H groups in total. The van der Waals surface area contributed by atoms with Crippen molar-refractivity contribution in [2.45, 2.75) is 32.2 Å². The summed E-state index contributed by atoms with van der Waals surface area (Å²) in [5.41, 5.74) is -0.0516. The molecule has 0 saturated carbocycles. The van der Waals surface area contributed by atoms with Gasteiger partial charge in [-0.15, -0.1) is 0 Å². The highest BCUT2D eigenvalue weighted by atomic mass is 16.2. The number of nitrogens with zero attached hydrogens (tertiary/aromatic N) is 2. The summed E-state index contributed by atoms with van der Waals surface area (Å²) in [5, 5.41) is 3.40. The summed E-state index contributed by atoms with van der Waals surface area (Å²) < 4.78 is 0. The topological polar surface area (TPSA) is 95.2 Å². The van der Waals surface area contributed by atoms with E-state index >= 15 is 0 Å². The van der Waals surface area contributed by atoms with E-state index in [2.05, 4.69) is 15.3 Å². The van der Waals surface area contributed by atoms with Crippen molar-refractivity contribution in [3.63, 3.8) is 0 Å². The number of likely N-dealkylation sites (tertiary alicyclic amines) is 1. The summed E-state index contributed by atoms with van der Waals surface area (Å²) in [4.78, 5) is 45.1. The summed E-state index contributed by atoms with van der Waals surface area (Å²) in [5.74, 6) is -0.0204. The van der Waals surface area contributed by atoms with Crippen LogP contribution >= 0.6 is 0 Å². The zero-order valence-electron chi connectivity index (χ0n) is 14.6.